The van der Waals surface area contributed by atoms with Crippen LogP contribution in [0.25, 0.3) is 0 Å². The average Bonchev–Trinajstić information content (AvgIpc) is 2.57. The number of nitrogen functional groups attached to an aromatic ring is 1. The molecule has 1 fully saturated rings. The summed E-state index contributed by atoms with van der Waals surface area (Å²) >= 11 is 1.94. The highest BCUT2D eigenvalue weighted by Gasteiger charge is 2.33. The smallest absolute Gasteiger partial charge is 0.227 e. The van der Waals surface area contributed by atoms with Crippen LogP contribution in [0.15, 0.2) is 54.6 Å². The minimum atomic E-state index is 0.149. The number of hydrogen-bond donors (Lipinski definition) is 1. The molecule has 2 aromatic rings. The van der Waals surface area contributed by atoms with Crippen LogP contribution in [0, 0.1) is 0 Å². The first-order valence-electron chi connectivity index (χ1n) is 7.95. The predicted octanol–water partition coefficient (Wildman–Crippen LogP) is 3.52. The van der Waals surface area contributed by atoms with Crippen molar-refractivity contribution in [3.05, 3.63) is 65.7 Å². The first-order valence-corrected chi connectivity index (χ1v) is 9.00. The van der Waals surface area contributed by atoms with Gasteiger partial charge < -0.3 is 10.6 Å². The van der Waals surface area contributed by atoms with Crippen LogP contribution in [0.5, 0.6) is 0 Å². The van der Waals surface area contributed by atoms with Gasteiger partial charge in [-0.25, -0.2) is 0 Å². The SMILES string of the molecule is C[C@@H]1SCCN(C(=O)Cc2ccc(N)cc2)[C@H]1c1ccccc1. The zero-order valence-electron chi connectivity index (χ0n) is 13.3. The van der Waals surface area contributed by atoms with Gasteiger partial charge in [0.15, 0.2) is 0 Å². The molecule has 1 heterocycles. The molecule has 0 bridgehead atoms. The lowest BCUT2D eigenvalue weighted by molar-refractivity contribution is -0.132. The average molecular weight is 326 g/mol. The van der Waals surface area contributed by atoms with E-state index in [4.69, 9.17) is 5.73 Å². The second-order valence-corrected chi connectivity index (χ2v) is 7.42. The number of carbonyl (C=O) groups is 1. The van der Waals surface area contributed by atoms with Gasteiger partial charge in [-0.2, -0.15) is 11.8 Å². The summed E-state index contributed by atoms with van der Waals surface area (Å²) in [7, 11) is 0. The van der Waals surface area contributed by atoms with E-state index in [0.29, 0.717) is 11.7 Å². The minimum Gasteiger partial charge on any atom is -0.399 e. The highest BCUT2D eigenvalue weighted by atomic mass is 32.2. The van der Waals surface area contributed by atoms with Crippen molar-refractivity contribution in [3.8, 4) is 0 Å². The topological polar surface area (TPSA) is 46.3 Å². The second kappa shape index (κ2) is 7.09. The molecule has 120 valence electrons. The van der Waals surface area contributed by atoms with Crippen molar-refractivity contribution in [1.82, 2.24) is 4.90 Å². The summed E-state index contributed by atoms with van der Waals surface area (Å²) in [5.41, 5.74) is 8.68. The third-order valence-corrected chi connectivity index (χ3v) is 5.49. The van der Waals surface area contributed by atoms with Gasteiger partial charge >= 0.3 is 0 Å². The fraction of sp³-hybridized carbons (Fsp3) is 0.316. The van der Waals surface area contributed by atoms with Gasteiger partial charge in [0.05, 0.1) is 12.5 Å². The quantitative estimate of drug-likeness (QED) is 0.878. The largest absolute Gasteiger partial charge is 0.399 e. The van der Waals surface area contributed by atoms with Gasteiger partial charge in [-0.15, -0.1) is 0 Å². The molecule has 1 amide bonds. The maximum atomic E-state index is 12.9. The fourth-order valence-electron chi connectivity index (χ4n) is 3.11. The number of rotatable bonds is 3. The molecule has 0 spiro atoms. The molecular formula is C19H22N2OS. The molecule has 0 radical (unpaired) electrons. The molecular weight excluding hydrogens is 304 g/mol. The molecule has 3 rings (SSSR count). The van der Waals surface area contributed by atoms with Crippen molar-refractivity contribution < 1.29 is 4.79 Å². The number of anilines is 1. The number of thioether (sulfide) groups is 1. The normalized spacial score (nSPS) is 21.2. The van der Waals surface area contributed by atoms with Crippen molar-refractivity contribution in [2.24, 2.45) is 0 Å². The number of hydrogen-bond acceptors (Lipinski definition) is 3. The molecule has 1 aliphatic heterocycles. The summed E-state index contributed by atoms with van der Waals surface area (Å²) in [5.74, 6) is 1.19. The van der Waals surface area contributed by atoms with Crippen LogP contribution in [-0.4, -0.2) is 28.4 Å². The van der Waals surface area contributed by atoms with Crippen molar-refractivity contribution in [3.63, 3.8) is 0 Å². The van der Waals surface area contributed by atoms with E-state index in [-0.39, 0.29) is 11.9 Å². The Kier molecular flexibility index (Phi) is 4.91. The second-order valence-electron chi connectivity index (χ2n) is 5.94. The maximum Gasteiger partial charge on any atom is 0.227 e. The van der Waals surface area contributed by atoms with Crippen LogP contribution >= 0.6 is 11.8 Å². The number of carbonyl (C=O) groups excluding carboxylic acids is 1. The number of benzene rings is 2. The Morgan fingerprint density at radius 2 is 1.87 bits per heavy atom. The molecule has 4 heteroatoms. The molecule has 23 heavy (non-hydrogen) atoms. The molecule has 3 nitrogen and oxygen atoms in total. The number of nitrogens with two attached hydrogens (primary N) is 1. The molecule has 0 aromatic heterocycles. The van der Waals surface area contributed by atoms with Crippen LogP contribution in [0.1, 0.15) is 24.1 Å². The molecule has 0 aliphatic carbocycles. The van der Waals surface area contributed by atoms with E-state index >= 15 is 0 Å². The van der Waals surface area contributed by atoms with Crippen LogP contribution in [0.3, 0.4) is 0 Å². The summed E-state index contributed by atoms with van der Waals surface area (Å²) in [6.45, 7) is 3.02. The molecule has 2 aromatic carbocycles. The van der Waals surface area contributed by atoms with E-state index < -0.39 is 0 Å². The van der Waals surface area contributed by atoms with Gasteiger partial charge in [0.2, 0.25) is 5.91 Å². The molecule has 1 aliphatic rings. The Labute approximate surface area is 141 Å². The Balaban J connectivity index is 1.80. The van der Waals surface area contributed by atoms with Crippen molar-refractivity contribution in [2.45, 2.75) is 24.6 Å². The summed E-state index contributed by atoms with van der Waals surface area (Å²) in [6, 6.07) is 18.1. The Morgan fingerprint density at radius 3 is 2.57 bits per heavy atom. The molecule has 0 unspecified atom stereocenters. The molecule has 1 saturated heterocycles. The zero-order chi connectivity index (χ0) is 16.2. The minimum absolute atomic E-state index is 0.149. The lowest BCUT2D eigenvalue weighted by Crippen LogP contribution is -2.44. The third kappa shape index (κ3) is 3.70. The van der Waals surface area contributed by atoms with Crippen molar-refractivity contribution in [1.29, 1.82) is 0 Å². The monoisotopic (exact) mass is 326 g/mol. The van der Waals surface area contributed by atoms with Gasteiger partial charge in [0.25, 0.3) is 0 Å². The summed E-state index contributed by atoms with van der Waals surface area (Å²) in [4.78, 5) is 14.9. The Hall–Kier alpha value is -1.94. The zero-order valence-corrected chi connectivity index (χ0v) is 14.1. The van der Waals surface area contributed by atoms with Crippen LogP contribution < -0.4 is 5.73 Å². The summed E-state index contributed by atoms with van der Waals surface area (Å²) in [5, 5.41) is 0.404. The van der Waals surface area contributed by atoms with Gasteiger partial charge in [0, 0.05) is 23.2 Å². The van der Waals surface area contributed by atoms with E-state index in [1.165, 1.54) is 5.56 Å². The van der Waals surface area contributed by atoms with Crippen molar-refractivity contribution >= 4 is 23.4 Å². The lowest BCUT2D eigenvalue weighted by atomic mass is 10.0. The first-order chi connectivity index (χ1) is 11.1. The molecule has 2 atom stereocenters. The first kappa shape index (κ1) is 15.9. The predicted molar refractivity (Wildman–Crippen MR) is 97.4 cm³/mol. The van der Waals surface area contributed by atoms with Crippen molar-refractivity contribution in [2.75, 3.05) is 18.0 Å². The summed E-state index contributed by atoms with van der Waals surface area (Å²) < 4.78 is 0. The van der Waals surface area contributed by atoms with E-state index in [1.54, 1.807) is 0 Å². The summed E-state index contributed by atoms with van der Waals surface area (Å²) in [6.07, 6.45) is 0.432. The number of nitrogens with zero attached hydrogens (tertiary/aromatic N) is 1. The van der Waals surface area contributed by atoms with E-state index in [9.17, 15) is 4.79 Å². The van der Waals surface area contributed by atoms with Crippen LogP contribution in [0.4, 0.5) is 5.69 Å². The fourth-order valence-corrected chi connectivity index (χ4v) is 4.27. The Morgan fingerprint density at radius 1 is 1.17 bits per heavy atom. The third-order valence-electron chi connectivity index (χ3n) is 4.29. The number of amides is 1. The van der Waals surface area contributed by atoms with E-state index in [1.807, 2.05) is 59.1 Å². The molecule has 2 N–H and O–H groups in total. The Bertz CT molecular complexity index is 657. The maximum absolute atomic E-state index is 12.9. The van der Waals surface area contributed by atoms with E-state index in [2.05, 4.69) is 19.1 Å². The highest BCUT2D eigenvalue weighted by molar-refractivity contribution is 8.00. The van der Waals surface area contributed by atoms with E-state index in [0.717, 1.165) is 23.5 Å². The van der Waals surface area contributed by atoms with Gasteiger partial charge in [-0.3, -0.25) is 4.79 Å². The van der Waals surface area contributed by atoms with Gasteiger partial charge in [-0.05, 0) is 23.3 Å². The highest BCUT2D eigenvalue weighted by Crippen LogP contribution is 2.36. The standard InChI is InChI=1S/C19H22N2OS/c1-14-19(16-5-3-2-4-6-16)21(11-12-23-14)18(22)13-15-7-9-17(20)10-8-15/h2-10,14,19H,11-13,20H2,1H3/t14-,19+/m0/s1. The van der Waals surface area contributed by atoms with Crippen LogP contribution in [-0.2, 0) is 11.2 Å². The van der Waals surface area contributed by atoms with Crippen LogP contribution in [0.2, 0.25) is 0 Å². The lowest BCUT2D eigenvalue weighted by Gasteiger charge is -2.40. The van der Waals surface area contributed by atoms with Gasteiger partial charge in [-0.1, -0.05) is 49.4 Å². The molecule has 0 saturated carbocycles. The van der Waals surface area contributed by atoms with Gasteiger partial charge in [0.1, 0.15) is 0 Å².